The molecule has 0 bridgehead atoms. The third-order valence-corrected chi connectivity index (χ3v) is 5.94. The molecule has 0 radical (unpaired) electrons. The summed E-state index contributed by atoms with van der Waals surface area (Å²) in [7, 11) is 1.69. The predicted octanol–water partition coefficient (Wildman–Crippen LogP) is 6.80. The molecule has 3 aromatic rings. The van der Waals surface area contributed by atoms with Gasteiger partial charge in [-0.2, -0.15) is 0 Å². The van der Waals surface area contributed by atoms with Gasteiger partial charge >= 0.3 is 0 Å². The minimum atomic E-state index is 0.845. The van der Waals surface area contributed by atoms with Gasteiger partial charge in [-0.25, -0.2) is 4.99 Å². The number of unbranched alkanes of at least 4 members (excludes halogenated alkanes) is 3. The zero-order valence-corrected chi connectivity index (χ0v) is 18.2. The van der Waals surface area contributed by atoms with Crippen molar-refractivity contribution in [2.75, 3.05) is 7.11 Å². The van der Waals surface area contributed by atoms with Gasteiger partial charge in [-0.1, -0.05) is 44.4 Å². The molecule has 2 aromatic carbocycles. The van der Waals surface area contributed by atoms with Crippen LogP contribution < -0.4 is 9.54 Å². The van der Waals surface area contributed by atoms with Crippen molar-refractivity contribution in [2.45, 2.75) is 39.2 Å². The maximum absolute atomic E-state index is 5.37. The molecule has 0 atom stereocenters. The number of hydrogen-bond acceptors (Lipinski definition) is 3. The normalized spacial score (nSPS) is 11.7. The smallest absolute Gasteiger partial charge is 0.190 e. The Kier molecular flexibility index (Phi) is 7.30. The summed E-state index contributed by atoms with van der Waals surface area (Å²) in [6.07, 6.45) is 4.93. The fraction of sp³-hybridized carbons (Fsp3) is 0.318. The summed E-state index contributed by atoms with van der Waals surface area (Å²) in [6, 6.07) is 16.4. The molecule has 1 heterocycles. The molecular formula is C22H25BrN2OS. The number of rotatable bonds is 8. The summed E-state index contributed by atoms with van der Waals surface area (Å²) in [6.45, 7) is 3.22. The third kappa shape index (κ3) is 5.11. The lowest BCUT2D eigenvalue weighted by molar-refractivity contribution is 0.412. The second kappa shape index (κ2) is 9.90. The molecule has 3 rings (SSSR count). The predicted molar refractivity (Wildman–Crippen MR) is 118 cm³/mol. The van der Waals surface area contributed by atoms with E-state index in [2.05, 4.69) is 44.9 Å². The molecule has 27 heavy (non-hydrogen) atoms. The van der Waals surface area contributed by atoms with E-state index in [1.807, 2.05) is 36.4 Å². The van der Waals surface area contributed by atoms with Crippen LogP contribution >= 0.6 is 27.3 Å². The monoisotopic (exact) mass is 444 g/mol. The van der Waals surface area contributed by atoms with E-state index in [0.717, 1.165) is 33.7 Å². The molecule has 0 aliphatic carbocycles. The van der Waals surface area contributed by atoms with Gasteiger partial charge in [-0.15, -0.1) is 11.3 Å². The van der Waals surface area contributed by atoms with Crippen molar-refractivity contribution in [1.29, 1.82) is 0 Å². The second-order valence-electron chi connectivity index (χ2n) is 6.41. The van der Waals surface area contributed by atoms with E-state index in [1.165, 1.54) is 30.5 Å². The van der Waals surface area contributed by atoms with E-state index in [-0.39, 0.29) is 0 Å². The lowest BCUT2D eigenvalue weighted by Crippen LogP contribution is -2.16. The summed E-state index contributed by atoms with van der Waals surface area (Å²) >= 11 is 5.30. The summed E-state index contributed by atoms with van der Waals surface area (Å²) < 4.78 is 8.69. The zero-order chi connectivity index (χ0) is 19.1. The Morgan fingerprint density at radius 1 is 1.07 bits per heavy atom. The highest BCUT2D eigenvalue weighted by molar-refractivity contribution is 9.10. The van der Waals surface area contributed by atoms with Crippen molar-refractivity contribution in [1.82, 2.24) is 4.57 Å². The van der Waals surface area contributed by atoms with Crippen LogP contribution in [0.2, 0.25) is 0 Å². The van der Waals surface area contributed by atoms with Crippen LogP contribution in [0.3, 0.4) is 0 Å². The average molecular weight is 445 g/mol. The minimum absolute atomic E-state index is 0.845. The maximum atomic E-state index is 5.37. The van der Waals surface area contributed by atoms with Crippen LogP contribution in [0.25, 0.3) is 11.3 Å². The molecular weight excluding hydrogens is 420 g/mol. The molecule has 3 nitrogen and oxygen atoms in total. The van der Waals surface area contributed by atoms with Crippen molar-refractivity contribution >= 4 is 33.0 Å². The van der Waals surface area contributed by atoms with Crippen molar-refractivity contribution in [3.8, 4) is 17.0 Å². The van der Waals surface area contributed by atoms with Gasteiger partial charge in [0.15, 0.2) is 4.80 Å². The van der Waals surface area contributed by atoms with Gasteiger partial charge < -0.3 is 9.30 Å². The van der Waals surface area contributed by atoms with Gasteiger partial charge in [0.25, 0.3) is 0 Å². The number of methoxy groups -OCH3 is 1. The standard InChI is InChI=1S/C22H25BrN2OS/c1-3-4-5-9-14-25-20(17-12-13-21(26-2)19(23)15-17)16-27-22(25)24-18-10-7-6-8-11-18/h6-8,10-13,15-16H,3-5,9,14H2,1-2H3. The molecule has 0 unspecified atom stereocenters. The molecule has 142 valence electrons. The van der Waals surface area contributed by atoms with Crippen molar-refractivity contribution in [3.63, 3.8) is 0 Å². The van der Waals surface area contributed by atoms with Gasteiger partial charge in [0.1, 0.15) is 5.75 Å². The molecule has 1 aromatic heterocycles. The van der Waals surface area contributed by atoms with Gasteiger partial charge in [0.05, 0.1) is 23.0 Å². The van der Waals surface area contributed by atoms with Crippen molar-refractivity contribution < 1.29 is 4.74 Å². The number of aromatic nitrogens is 1. The number of ether oxygens (including phenoxy) is 1. The average Bonchev–Trinajstić information content (AvgIpc) is 3.08. The fourth-order valence-electron chi connectivity index (χ4n) is 3.00. The third-order valence-electron chi connectivity index (χ3n) is 4.46. The van der Waals surface area contributed by atoms with Crippen LogP contribution in [0.5, 0.6) is 5.75 Å². The lowest BCUT2D eigenvalue weighted by atomic mass is 10.1. The Balaban J connectivity index is 2.00. The minimum Gasteiger partial charge on any atom is -0.496 e. The maximum Gasteiger partial charge on any atom is 0.190 e. The first-order valence-electron chi connectivity index (χ1n) is 9.35. The van der Waals surface area contributed by atoms with Crippen LogP contribution in [0.1, 0.15) is 32.6 Å². The molecule has 0 saturated heterocycles. The summed E-state index contributed by atoms with van der Waals surface area (Å²) in [5, 5.41) is 2.20. The topological polar surface area (TPSA) is 26.5 Å². The quantitative estimate of drug-likeness (QED) is 0.350. The molecule has 5 heteroatoms. The number of nitrogens with zero attached hydrogens (tertiary/aromatic N) is 2. The second-order valence-corrected chi connectivity index (χ2v) is 8.10. The van der Waals surface area contributed by atoms with E-state index < -0.39 is 0 Å². The SMILES string of the molecule is CCCCCCn1c(-c2ccc(OC)c(Br)c2)csc1=Nc1ccccc1. The highest BCUT2D eigenvalue weighted by Crippen LogP contribution is 2.31. The van der Waals surface area contributed by atoms with Gasteiger partial charge in [0.2, 0.25) is 0 Å². The van der Waals surface area contributed by atoms with Gasteiger partial charge in [-0.3, -0.25) is 0 Å². The first kappa shape index (κ1) is 19.9. The van der Waals surface area contributed by atoms with E-state index in [4.69, 9.17) is 9.73 Å². The van der Waals surface area contributed by atoms with E-state index in [0.29, 0.717) is 0 Å². The number of hydrogen-bond donors (Lipinski definition) is 0. The highest BCUT2D eigenvalue weighted by Gasteiger charge is 2.10. The molecule has 0 N–H and O–H groups in total. The summed E-state index contributed by atoms with van der Waals surface area (Å²) in [5.41, 5.74) is 3.36. The number of thiazole rings is 1. The number of para-hydroxylation sites is 1. The van der Waals surface area contributed by atoms with E-state index >= 15 is 0 Å². The Hall–Kier alpha value is -1.85. The first-order valence-corrected chi connectivity index (χ1v) is 11.0. The molecule has 0 fully saturated rings. The van der Waals surface area contributed by atoms with Crippen LogP contribution in [0, 0.1) is 0 Å². The first-order chi connectivity index (χ1) is 13.2. The molecule has 0 aliphatic heterocycles. The van der Waals surface area contributed by atoms with Crippen LogP contribution in [-0.4, -0.2) is 11.7 Å². The Morgan fingerprint density at radius 3 is 2.59 bits per heavy atom. The number of benzene rings is 2. The fourth-order valence-corrected chi connectivity index (χ4v) is 4.50. The van der Waals surface area contributed by atoms with Gasteiger partial charge in [-0.05, 0) is 52.7 Å². The molecule has 0 aliphatic rings. The molecule has 0 saturated carbocycles. The largest absolute Gasteiger partial charge is 0.496 e. The lowest BCUT2D eigenvalue weighted by Gasteiger charge is -2.11. The Labute approximate surface area is 173 Å². The Bertz CT molecular complexity index is 931. The Morgan fingerprint density at radius 2 is 1.89 bits per heavy atom. The molecule has 0 amide bonds. The molecule has 0 spiro atoms. The number of halogens is 1. The van der Waals surface area contributed by atoms with Crippen molar-refractivity contribution in [2.24, 2.45) is 4.99 Å². The summed E-state index contributed by atoms with van der Waals surface area (Å²) in [4.78, 5) is 5.93. The van der Waals surface area contributed by atoms with Crippen LogP contribution in [-0.2, 0) is 6.54 Å². The van der Waals surface area contributed by atoms with Gasteiger partial charge in [0, 0.05) is 17.5 Å². The van der Waals surface area contributed by atoms with Crippen molar-refractivity contribution in [3.05, 3.63) is 63.2 Å². The van der Waals surface area contributed by atoms with Crippen LogP contribution in [0.4, 0.5) is 5.69 Å². The highest BCUT2D eigenvalue weighted by atomic mass is 79.9. The summed E-state index contributed by atoms with van der Waals surface area (Å²) in [5.74, 6) is 0.845. The van der Waals surface area contributed by atoms with Crippen LogP contribution in [0.15, 0.2) is 63.4 Å². The van der Waals surface area contributed by atoms with E-state index in [9.17, 15) is 0 Å². The van der Waals surface area contributed by atoms with E-state index in [1.54, 1.807) is 18.4 Å². The zero-order valence-electron chi connectivity index (χ0n) is 15.8.